The van der Waals surface area contributed by atoms with Crippen molar-refractivity contribution in [2.24, 2.45) is 0 Å². The van der Waals surface area contributed by atoms with Gasteiger partial charge in [0.15, 0.2) is 0 Å². The number of hydrogen-bond donors (Lipinski definition) is 2. The van der Waals surface area contributed by atoms with E-state index in [1.54, 1.807) is 0 Å². The fraction of sp³-hybridized carbons (Fsp3) is 0.375. The highest BCUT2D eigenvalue weighted by molar-refractivity contribution is 5.78. The Labute approximate surface area is 66.2 Å². The molecule has 0 fully saturated rings. The summed E-state index contributed by atoms with van der Waals surface area (Å²) in [5.74, 6) is 0. The summed E-state index contributed by atoms with van der Waals surface area (Å²) >= 11 is 0. The minimum absolute atomic E-state index is 0.115. The van der Waals surface area contributed by atoms with E-state index in [0.717, 1.165) is 11.3 Å². The molecule has 0 atom stereocenters. The van der Waals surface area contributed by atoms with Gasteiger partial charge in [-0.3, -0.25) is 0 Å². The van der Waals surface area contributed by atoms with Crippen LogP contribution in [0.15, 0.2) is 23.4 Å². The molecule has 3 heteroatoms. The molecule has 0 saturated heterocycles. The Morgan fingerprint density at radius 3 is 2.82 bits per heavy atom. The first-order valence-corrected chi connectivity index (χ1v) is 3.61. The number of carbonyl (C=O) groups is 1. The van der Waals surface area contributed by atoms with E-state index < -0.39 is 0 Å². The summed E-state index contributed by atoms with van der Waals surface area (Å²) in [5.41, 5.74) is 2.07. The van der Waals surface area contributed by atoms with Crippen LogP contribution in [0.2, 0.25) is 0 Å². The topological polar surface area (TPSA) is 41.1 Å². The van der Waals surface area contributed by atoms with E-state index in [-0.39, 0.29) is 6.03 Å². The van der Waals surface area contributed by atoms with E-state index >= 15 is 0 Å². The third-order valence-electron chi connectivity index (χ3n) is 1.59. The van der Waals surface area contributed by atoms with E-state index in [9.17, 15) is 4.79 Å². The van der Waals surface area contributed by atoms with Gasteiger partial charge in [0.25, 0.3) is 0 Å². The van der Waals surface area contributed by atoms with Crippen LogP contribution in [-0.2, 0) is 0 Å². The van der Waals surface area contributed by atoms with Crippen LogP contribution in [0.5, 0.6) is 0 Å². The predicted molar refractivity (Wildman–Crippen MR) is 44.0 cm³/mol. The van der Waals surface area contributed by atoms with Crippen molar-refractivity contribution >= 4 is 6.03 Å². The van der Waals surface area contributed by atoms with Crippen LogP contribution in [0.1, 0.15) is 13.8 Å². The highest BCUT2D eigenvalue weighted by atomic mass is 16.2. The van der Waals surface area contributed by atoms with Crippen molar-refractivity contribution in [1.82, 2.24) is 10.6 Å². The number of amides is 2. The largest absolute Gasteiger partial charge is 0.334 e. The lowest BCUT2D eigenvalue weighted by molar-refractivity contribution is 0.242. The first kappa shape index (κ1) is 7.85. The molecule has 0 saturated carbocycles. The summed E-state index contributed by atoms with van der Waals surface area (Å²) in [6, 6.07) is -0.115. The smallest absolute Gasteiger partial charge is 0.319 e. The molecule has 1 aliphatic heterocycles. The normalized spacial score (nSPS) is 18.5. The molecule has 1 aliphatic rings. The number of urea groups is 1. The Hall–Kier alpha value is -1.25. The number of nitrogens with one attached hydrogen (secondary N) is 2. The first-order valence-electron chi connectivity index (χ1n) is 3.61. The van der Waals surface area contributed by atoms with Crippen LogP contribution < -0.4 is 10.6 Å². The van der Waals surface area contributed by atoms with E-state index in [2.05, 4.69) is 10.6 Å². The van der Waals surface area contributed by atoms with Gasteiger partial charge in [-0.25, -0.2) is 4.79 Å². The van der Waals surface area contributed by atoms with E-state index in [1.807, 2.05) is 26.0 Å². The molecule has 3 nitrogen and oxygen atoms in total. The maximum atomic E-state index is 10.7. The zero-order chi connectivity index (χ0) is 8.27. The molecule has 0 aromatic carbocycles. The highest BCUT2D eigenvalue weighted by Gasteiger charge is 2.10. The van der Waals surface area contributed by atoms with Crippen molar-refractivity contribution in [1.29, 1.82) is 0 Å². The second kappa shape index (κ2) is 3.23. The Morgan fingerprint density at radius 2 is 2.27 bits per heavy atom. The molecule has 11 heavy (non-hydrogen) atoms. The maximum absolute atomic E-state index is 10.7. The Morgan fingerprint density at radius 1 is 1.55 bits per heavy atom. The van der Waals surface area contributed by atoms with Crippen LogP contribution in [0.4, 0.5) is 4.79 Å². The van der Waals surface area contributed by atoms with Gasteiger partial charge in [0.05, 0.1) is 0 Å². The van der Waals surface area contributed by atoms with Crippen molar-refractivity contribution in [2.45, 2.75) is 13.8 Å². The molecule has 0 aromatic rings. The van der Waals surface area contributed by atoms with Crippen molar-refractivity contribution < 1.29 is 4.79 Å². The van der Waals surface area contributed by atoms with Crippen LogP contribution >= 0.6 is 0 Å². The summed E-state index contributed by atoms with van der Waals surface area (Å²) in [6.45, 7) is 4.48. The SMILES string of the molecule is C/C=C\C1=C(C)NC(=O)NC1. The van der Waals surface area contributed by atoms with Gasteiger partial charge in [-0.15, -0.1) is 0 Å². The zero-order valence-corrected chi connectivity index (χ0v) is 6.77. The summed E-state index contributed by atoms with van der Waals surface area (Å²) < 4.78 is 0. The molecular weight excluding hydrogens is 140 g/mol. The number of rotatable bonds is 1. The molecule has 1 heterocycles. The molecule has 2 N–H and O–H groups in total. The summed E-state index contributed by atoms with van der Waals surface area (Å²) in [4.78, 5) is 10.7. The number of carbonyl (C=O) groups excluding carboxylic acids is 1. The molecule has 0 radical (unpaired) electrons. The van der Waals surface area contributed by atoms with E-state index in [0.29, 0.717) is 6.54 Å². The van der Waals surface area contributed by atoms with Gasteiger partial charge in [0, 0.05) is 12.2 Å². The Kier molecular flexibility index (Phi) is 2.31. The molecule has 0 spiro atoms. The molecular formula is C8H12N2O. The summed E-state index contributed by atoms with van der Waals surface area (Å²) in [6.07, 6.45) is 3.94. The monoisotopic (exact) mass is 152 g/mol. The average molecular weight is 152 g/mol. The van der Waals surface area contributed by atoms with Crippen LogP contribution in [0, 0.1) is 0 Å². The maximum Gasteiger partial charge on any atom is 0.319 e. The standard InChI is InChI=1S/C8H12N2O/c1-3-4-7-5-9-8(11)10-6(7)2/h3-4H,5H2,1-2H3,(H2,9,10,11)/b4-3-. The van der Waals surface area contributed by atoms with E-state index in [1.165, 1.54) is 0 Å². The second-order valence-electron chi connectivity index (χ2n) is 2.46. The second-order valence-corrected chi connectivity index (χ2v) is 2.46. The van der Waals surface area contributed by atoms with Gasteiger partial charge < -0.3 is 10.6 Å². The molecule has 0 aromatic heterocycles. The molecule has 0 aliphatic carbocycles. The van der Waals surface area contributed by atoms with Gasteiger partial charge in [-0.1, -0.05) is 12.2 Å². The van der Waals surface area contributed by atoms with Crippen molar-refractivity contribution in [2.75, 3.05) is 6.54 Å². The van der Waals surface area contributed by atoms with Crippen LogP contribution in [0.3, 0.4) is 0 Å². The van der Waals surface area contributed by atoms with Crippen molar-refractivity contribution in [3.8, 4) is 0 Å². The summed E-state index contributed by atoms with van der Waals surface area (Å²) in [7, 11) is 0. The van der Waals surface area contributed by atoms with Crippen LogP contribution in [-0.4, -0.2) is 12.6 Å². The minimum atomic E-state index is -0.115. The van der Waals surface area contributed by atoms with Gasteiger partial charge in [-0.05, 0) is 19.4 Å². The lowest BCUT2D eigenvalue weighted by Gasteiger charge is -2.17. The Bertz CT molecular complexity index is 228. The third-order valence-corrected chi connectivity index (χ3v) is 1.59. The molecule has 2 amide bonds. The third kappa shape index (κ3) is 1.83. The quantitative estimate of drug-likeness (QED) is 0.581. The fourth-order valence-electron chi connectivity index (χ4n) is 0.988. The Balaban J connectivity index is 2.77. The van der Waals surface area contributed by atoms with Gasteiger partial charge in [0.1, 0.15) is 0 Å². The molecule has 1 rings (SSSR count). The van der Waals surface area contributed by atoms with E-state index in [4.69, 9.17) is 0 Å². The number of allylic oxidation sites excluding steroid dienone is 2. The number of hydrogen-bond acceptors (Lipinski definition) is 1. The van der Waals surface area contributed by atoms with Gasteiger partial charge in [0.2, 0.25) is 0 Å². The molecule has 0 unspecified atom stereocenters. The lowest BCUT2D eigenvalue weighted by atomic mass is 10.1. The first-order chi connectivity index (χ1) is 5.24. The van der Waals surface area contributed by atoms with Crippen LogP contribution in [0.25, 0.3) is 0 Å². The van der Waals surface area contributed by atoms with Crippen molar-refractivity contribution in [3.05, 3.63) is 23.4 Å². The molecule has 60 valence electrons. The lowest BCUT2D eigenvalue weighted by Crippen LogP contribution is -2.40. The zero-order valence-electron chi connectivity index (χ0n) is 6.77. The van der Waals surface area contributed by atoms with Gasteiger partial charge >= 0.3 is 6.03 Å². The highest BCUT2D eigenvalue weighted by Crippen LogP contribution is 2.05. The van der Waals surface area contributed by atoms with Crippen molar-refractivity contribution in [3.63, 3.8) is 0 Å². The van der Waals surface area contributed by atoms with Gasteiger partial charge in [-0.2, -0.15) is 0 Å². The summed E-state index contributed by atoms with van der Waals surface area (Å²) in [5, 5.41) is 5.38. The average Bonchev–Trinajstić information content (AvgIpc) is 1.95. The molecule has 0 bridgehead atoms. The predicted octanol–water partition coefficient (Wildman–Crippen LogP) is 1.15. The minimum Gasteiger partial charge on any atom is -0.334 e. The fourth-order valence-corrected chi connectivity index (χ4v) is 0.988.